The van der Waals surface area contributed by atoms with E-state index in [1.807, 2.05) is 0 Å². The van der Waals surface area contributed by atoms with Crippen molar-refractivity contribution in [2.24, 2.45) is 0 Å². The van der Waals surface area contributed by atoms with E-state index >= 15 is 0 Å². The van der Waals surface area contributed by atoms with Gasteiger partial charge in [-0.3, -0.25) is 0 Å². The first-order valence-corrected chi connectivity index (χ1v) is 2.05. The highest BCUT2D eigenvalue weighted by Gasteiger charge is 1.88. The van der Waals surface area contributed by atoms with Crippen LogP contribution in [0.15, 0.2) is 12.2 Å². The lowest BCUT2D eigenvalue weighted by atomic mass is 11.0. The van der Waals surface area contributed by atoms with Crippen LogP contribution in [-0.4, -0.2) is 5.11 Å². The Hall–Kier alpha value is -0.160. The molecule has 7 heavy (non-hydrogen) atoms. The van der Waals surface area contributed by atoms with Crippen molar-refractivity contribution >= 4 is 25.8 Å². The molecular weight excluding hydrogens is 136 g/mol. The molecule has 0 saturated heterocycles. The Balaban J connectivity index is 3.38. The molecule has 0 rings (SSSR count). The Bertz CT molecular complexity index is 65.3. The average molecular weight is 140 g/mol. The predicted octanol–water partition coefficient (Wildman–Crippen LogP) is 1.07. The van der Waals surface area contributed by atoms with Crippen LogP contribution in [0.4, 0.5) is 0 Å². The van der Waals surface area contributed by atoms with Gasteiger partial charge in [-0.05, 0) is 0 Å². The second-order valence-electron chi connectivity index (χ2n) is 0.631. The van der Waals surface area contributed by atoms with E-state index in [1.54, 1.807) is 0 Å². The molecule has 0 aliphatic carbocycles. The Morgan fingerprint density at radius 2 is 1.86 bits per heavy atom. The number of hydrogen-bond acceptors (Lipinski definition) is 5. The number of hydrogen-bond donors (Lipinski definition) is 3. The van der Waals surface area contributed by atoms with E-state index in [0.29, 0.717) is 6.26 Å². The van der Waals surface area contributed by atoms with Gasteiger partial charge in [0.05, 0.1) is 0 Å². The third kappa shape index (κ3) is 2.52. The highest BCUT2D eigenvalue weighted by Crippen LogP contribution is 2.01. The molecule has 0 radical (unpaired) electrons. The summed E-state index contributed by atoms with van der Waals surface area (Å²) in [6.45, 7) is 0. The van der Waals surface area contributed by atoms with E-state index in [9.17, 15) is 0 Å². The summed E-state index contributed by atoms with van der Waals surface area (Å²) in [7, 11) is 0. The summed E-state index contributed by atoms with van der Waals surface area (Å²) in [5.74, 6) is -0.160. The molecule has 0 atom stereocenters. The van der Waals surface area contributed by atoms with E-state index < -0.39 is 0 Å². The first-order chi connectivity index (χ1) is 3.35. The van der Waals surface area contributed by atoms with Crippen LogP contribution in [0.25, 0.3) is 0 Å². The number of thiol groups is 2. The van der Waals surface area contributed by atoms with E-state index in [-0.39, 0.29) is 5.95 Å². The van der Waals surface area contributed by atoms with Crippen molar-refractivity contribution < 1.29 is 13.5 Å². The standard InChI is InChI=1S/C2H4O3S2/c3-1-2(4-6)5-7/h1,3,6-7H. The topological polar surface area (TPSA) is 38.7 Å². The maximum Gasteiger partial charge on any atom is 0.339 e. The van der Waals surface area contributed by atoms with E-state index in [2.05, 4.69) is 34.2 Å². The van der Waals surface area contributed by atoms with Crippen molar-refractivity contribution in [2.45, 2.75) is 0 Å². The summed E-state index contributed by atoms with van der Waals surface area (Å²) >= 11 is 6.55. The van der Waals surface area contributed by atoms with Crippen LogP contribution in [0.3, 0.4) is 0 Å². The minimum atomic E-state index is -0.160. The summed E-state index contributed by atoms with van der Waals surface area (Å²) in [5, 5.41) is 8.02. The molecule has 5 heteroatoms. The van der Waals surface area contributed by atoms with Gasteiger partial charge in [-0.15, -0.1) is 0 Å². The third-order valence-corrected chi connectivity index (χ3v) is 0.645. The summed E-state index contributed by atoms with van der Waals surface area (Å²) in [6.07, 6.45) is 0.597. The molecule has 0 aliphatic heterocycles. The third-order valence-electron chi connectivity index (χ3n) is 0.285. The zero-order chi connectivity index (χ0) is 5.70. The summed E-state index contributed by atoms with van der Waals surface area (Å²) in [4.78, 5) is 0. The zero-order valence-electron chi connectivity index (χ0n) is 3.24. The fraction of sp³-hybridized carbons (Fsp3) is 0. The molecule has 0 heterocycles. The molecule has 3 nitrogen and oxygen atoms in total. The molecule has 0 amide bonds. The molecule has 0 unspecified atom stereocenters. The van der Waals surface area contributed by atoms with Gasteiger partial charge in [-0.1, -0.05) is 0 Å². The average Bonchev–Trinajstić information content (AvgIpc) is 1.72. The highest BCUT2D eigenvalue weighted by atomic mass is 32.1. The smallest absolute Gasteiger partial charge is 0.339 e. The Morgan fingerprint density at radius 1 is 1.43 bits per heavy atom. The molecule has 0 fully saturated rings. The van der Waals surface area contributed by atoms with Crippen molar-refractivity contribution in [1.29, 1.82) is 0 Å². The maximum atomic E-state index is 8.02. The van der Waals surface area contributed by atoms with Crippen LogP contribution < -0.4 is 0 Å². The van der Waals surface area contributed by atoms with Crippen molar-refractivity contribution in [3.05, 3.63) is 12.2 Å². The minimum absolute atomic E-state index is 0.160. The van der Waals surface area contributed by atoms with Gasteiger partial charge >= 0.3 is 5.95 Å². The largest absolute Gasteiger partial charge is 0.508 e. The highest BCUT2D eigenvalue weighted by molar-refractivity contribution is 7.75. The lowest BCUT2D eigenvalue weighted by molar-refractivity contribution is 0.262. The molecule has 0 bridgehead atoms. The number of rotatable bonds is 2. The minimum Gasteiger partial charge on any atom is -0.508 e. The van der Waals surface area contributed by atoms with Crippen molar-refractivity contribution in [1.82, 2.24) is 0 Å². The second kappa shape index (κ2) is 4.01. The van der Waals surface area contributed by atoms with Crippen LogP contribution in [-0.2, 0) is 8.37 Å². The van der Waals surface area contributed by atoms with E-state index in [0.717, 1.165) is 0 Å². The number of aliphatic hydroxyl groups excluding tert-OH is 1. The Labute approximate surface area is 52.2 Å². The van der Waals surface area contributed by atoms with Crippen molar-refractivity contribution in [3.63, 3.8) is 0 Å². The van der Waals surface area contributed by atoms with E-state index in [4.69, 9.17) is 5.11 Å². The van der Waals surface area contributed by atoms with Gasteiger partial charge < -0.3 is 13.5 Å². The molecule has 0 saturated carbocycles. The lowest BCUT2D eigenvalue weighted by Gasteiger charge is -1.94. The normalized spacial score (nSPS) is 7.14. The van der Waals surface area contributed by atoms with Crippen LogP contribution in [0.2, 0.25) is 0 Å². The first kappa shape index (κ1) is 6.84. The molecule has 0 aromatic rings. The van der Waals surface area contributed by atoms with Crippen LogP contribution in [0.5, 0.6) is 0 Å². The van der Waals surface area contributed by atoms with Crippen molar-refractivity contribution in [2.75, 3.05) is 0 Å². The summed E-state index contributed by atoms with van der Waals surface area (Å²) < 4.78 is 8.11. The fourth-order valence-electron chi connectivity index (χ4n) is 0.0638. The van der Waals surface area contributed by atoms with Gasteiger partial charge in [0.1, 0.15) is 0 Å². The Morgan fingerprint density at radius 3 is 1.86 bits per heavy atom. The quantitative estimate of drug-likeness (QED) is 0.305. The van der Waals surface area contributed by atoms with Gasteiger partial charge in [0.25, 0.3) is 0 Å². The SMILES string of the molecule is OC=C(OS)OS. The molecule has 0 aliphatic rings. The fourth-order valence-corrected chi connectivity index (χ4v) is 0.291. The Kier molecular flexibility index (Phi) is 3.92. The summed E-state index contributed by atoms with van der Waals surface area (Å²) in [6, 6.07) is 0. The van der Waals surface area contributed by atoms with Gasteiger partial charge in [0.15, 0.2) is 6.26 Å². The number of aliphatic hydroxyl groups is 1. The van der Waals surface area contributed by atoms with Gasteiger partial charge in [-0.25, -0.2) is 0 Å². The summed E-state index contributed by atoms with van der Waals surface area (Å²) in [5.41, 5.74) is 0. The molecule has 0 aromatic carbocycles. The molecule has 0 aromatic heterocycles. The maximum absolute atomic E-state index is 8.02. The molecular formula is C2H4O3S2. The lowest BCUT2D eigenvalue weighted by Crippen LogP contribution is -1.78. The van der Waals surface area contributed by atoms with Gasteiger partial charge in [-0.2, -0.15) is 0 Å². The molecule has 42 valence electrons. The molecule has 0 spiro atoms. The van der Waals surface area contributed by atoms with Gasteiger partial charge in [0, 0.05) is 25.8 Å². The zero-order valence-corrected chi connectivity index (χ0v) is 5.02. The van der Waals surface area contributed by atoms with Crippen molar-refractivity contribution in [3.8, 4) is 0 Å². The van der Waals surface area contributed by atoms with Crippen LogP contribution in [0.1, 0.15) is 0 Å². The predicted molar refractivity (Wildman–Crippen MR) is 30.9 cm³/mol. The van der Waals surface area contributed by atoms with Crippen LogP contribution in [0, 0.1) is 0 Å². The first-order valence-electron chi connectivity index (χ1n) is 1.32. The molecule has 1 N–H and O–H groups in total. The monoisotopic (exact) mass is 140 g/mol. The second-order valence-corrected chi connectivity index (χ2v) is 0.996. The van der Waals surface area contributed by atoms with Crippen LogP contribution >= 0.6 is 25.8 Å². The van der Waals surface area contributed by atoms with Gasteiger partial charge in [0.2, 0.25) is 0 Å². The van der Waals surface area contributed by atoms with E-state index in [1.165, 1.54) is 0 Å².